The third-order valence-electron chi connectivity index (χ3n) is 2.74. The third-order valence-corrected chi connectivity index (χ3v) is 2.95. The van der Waals surface area contributed by atoms with Gasteiger partial charge in [0, 0.05) is 18.2 Å². The summed E-state index contributed by atoms with van der Waals surface area (Å²) >= 11 is 5.58. The number of H-pyrrole nitrogens is 1. The zero-order valence-electron chi connectivity index (χ0n) is 9.87. The molecule has 0 saturated carbocycles. The Bertz CT molecular complexity index is 456. The van der Waals surface area contributed by atoms with Gasteiger partial charge in [0.2, 0.25) is 0 Å². The molecular formula is C10H16ClN3O2. The van der Waals surface area contributed by atoms with Crippen molar-refractivity contribution in [2.24, 2.45) is 0 Å². The molecule has 0 fully saturated rings. The standard InChI is InChI=1S/C10H16ClN3O2/c1-10(2,13(3)4)6-14-8(15)5-7(11)12-9(14)16/h5H,6H2,1-4H3,(H,12,16). The maximum Gasteiger partial charge on any atom is 0.329 e. The SMILES string of the molecule is CN(C)C(C)(C)Cn1c(=O)cc(Cl)[nH]c1=O. The lowest BCUT2D eigenvalue weighted by atomic mass is 10.0. The van der Waals surface area contributed by atoms with E-state index in [1.54, 1.807) is 0 Å². The number of rotatable bonds is 3. The fourth-order valence-electron chi connectivity index (χ4n) is 1.17. The number of hydrogen-bond acceptors (Lipinski definition) is 3. The summed E-state index contributed by atoms with van der Waals surface area (Å²) in [5.74, 6) is 0. The van der Waals surface area contributed by atoms with E-state index in [-0.39, 0.29) is 16.3 Å². The highest BCUT2D eigenvalue weighted by Crippen LogP contribution is 2.10. The normalized spacial score (nSPS) is 12.1. The zero-order chi connectivity index (χ0) is 12.5. The molecule has 1 aromatic rings. The van der Waals surface area contributed by atoms with E-state index in [1.807, 2.05) is 32.8 Å². The molecule has 1 heterocycles. The molecule has 0 radical (unpaired) electrons. The summed E-state index contributed by atoms with van der Waals surface area (Å²) in [6.45, 7) is 4.21. The maximum atomic E-state index is 11.6. The summed E-state index contributed by atoms with van der Waals surface area (Å²) in [4.78, 5) is 27.5. The number of likely N-dealkylation sites (N-methyl/N-ethyl adjacent to an activating group) is 1. The van der Waals surface area contributed by atoms with Gasteiger partial charge in [0.15, 0.2) is 0 Å². The van der Waals surface area contributed by atoms with Crippen molar-refractivity contribution in [2.75, 3.05) is 14.1 Å². The molecule has 0 bridgehead atoms. The number of aromatic amines is 1. The molecule has 6 heteroatoms. The van der Waals surface area contributed by atoms with Gasteiger partial charge in [0.05, 0.1) is 0 Å². The van der Waals surface area contributed by atoms with E-state index in [1.165, 1.54) is 6.07 Å². The van der Waals surface area contributed by atoms with E-state index >= 15 is 0 Å². The molecule has 0 aliphatic rings. The molecule has 90 valence electrons. The summed E-state index contributed by atoms with van der Waals surface area (Å²) in [5.41, 5.74) is -1.15. The Kier molecular flexibility index (Phi) is 3.60. The molecule has 0 atom stereocenters. The van der Waals surface area contributed by atoms with Gasteiger partial charge in [0.25, 0.3) is 5.56 Å². The predicted molar refractivity (Wildman–Crippen MR) is 64.1 cm³/mol. The monoisotopic (exact) mass is 245 g/mol. The minimum absolute atomic E-state index is 0.0638. The minimum Gasteiger partial charge on any atom is -0.302 e. The largest absolute Gasteiger partial charge is 0.329 e. The third kappa shape index (κ3) is 2.74. The first kappa shape index (κ1) is 13.0. The molecule has 5 nitrogen and oxygen atoms in total. The number of aromatic nitrogens is 2. The Morgan fingerprint density at radius 2 is 2.00 bits per heavy atom. The molecule has 0 spiro atoms. The van der Waals surface area contributed by atoms with Gasteiger partial charge in [0.1, 0.15) is 5.15 Å². The van der Waals surface area contributed by atoms with Crippen LogP contribution in [-0.2, 0) is 6.54 Å². The van der Waals surface area contributed by atoms with E-state index in [4.69, 9.17) is 11.6 Å². The maximum absolute atomic E-state index is 11.6. The van der Waals surface area contributed by atoms with Crippen molar-refractivity contribution in [1.29, 1.82) is 0 Å². The van der Waals surface area contributed by atoms with Crippen LogP contribution < -0.4 is 11.2 Å². The van der Waals surface area contributed by atoms with Crippen LogP contribution in [0.2, 0.25) is 5.15 Å². The Morgan fingerprint density at radius 1 is 1.44 bits per heavy atom. The van der Waals surface area contributed by atoms with E-state index in [9.17, 15) is 9.59 Å². The summed E-state index contributed by atoms with van der Waals surface area (Å²) in [5, 5.41) is 0.0638. The van der Waals surface area contributed by atoms with E-state index in [0.29, 0.717) is 6.54 Å². The van der Waals surface area contributed by atoms with Gasteiger partial charge >= 0.3 is 5.69 Å². The lowest BCUT2D eigenvalue weighted by Crippen LogP contribution is -2.48. The molecule has 0 aliphatic heterocycles. The fourth-order valence-corrected chi connectivity index (χ4v) is 1.34. The Morgan fingerprint density at radius 3 is 2.44 bits per heavy atom. The zero-order valence-corrected chi connectivity index (χ0v) is 10.6. The van der Waals surface area contributed by atoms with Gasteiger partial charge < -0.3 is 4.90 Å². The average Bonchev–Trinajstić information content (AvgIpc) is 2.11. The quantitative estimate of drug-likeness (QED) is 0.791. The van der Waals surface area contributed by atoms with Crippen LogP contribution in [0.15, 0.2) is 15.7 Å². The van der Waals surface area contributed by atoms with E-state index < -0.39 is 5.69 Å². The molecule has 1 aromatic heterocycles. The van der Waals surface area contributed by atoms with Gasteiger partial charge in [-0.1, -0.05) is 11.6 Å². The molecule has 1 rings (SSSR count). The van der Waals surface area contributed by atoms with Gasteiger partial charge in [-0.15, -0.1) is 0 Å². The molecule has 16 heavy (non-hydrogen) atoms. The van der Waals surface area contributed by atoms with Gasteiger partial charge in [-0.3, -0.25) is 14.3 Å². The van der Waals surface area contributed by atoms with Crippen molar-refractivity contribution < 1.29 is 0 Å². The van der Waals surface area contributed by atoms with Crippen molar-refractivity contribution >= 4 is 11.6 Å². The molecule has 0 saturated heterocycles. The Labute approximate surface area is 98.7 Å². The predicted octanol–water partition coefficient (Wildman–Crippen LogP) is 0.530. The van der Waals surface area contributed by atoms with Crippen LogP contribution in [0, 0.1) is 0 Å². The number of nitrogens with one attached hydrogen (secondary N) is 1. The van der Waals surface area contributed by atoms with Crippen molar-refractivity contribution in [3.05, 3.63) is 32.1 Å². The van der Waals surface area contributed by atoms with Crippen molar-refractivity contribution in [2.45, 2.75) is 25.9 Å². The van der Waals surface area contributed by atoms with Crippen LogP contribution in [0.25, 0.3) is 0 Å². The smallest absolute Gasteiger partial charge is 0.302 e. The minimum atomic E-state index is -0.479. The highest BCUT2D eigenvalue weighted by molar-refractivity contribution is 6.29. The first-order valence-electron chi connectivity index (χ1n) is 4.91. The Hall–Kier alpha value is -1.07. The highest BCUT2D eigenvalue weighted by Gasteiger charge is 2.22. The van der Waals surface area contributed by atoms with E-state index in [2.05, 4.69) is 4.98 Å². The van der Waals surface area contributed by atoms with Crippen LogP contribution in [-0.4, -0.2) is 34.1 Å². The van der Waals surface area contributed by atoms with Crippen molar-refractivity contribution in [1.82, 2.24) is 14.5 Å². The van der Waals surface area contributed by atoms with Gasteiger partial charge in [-0.25, -0.2) is 4.79 Å². The second kappa shape index (κ2) is 4.43. The molecule has 0 aliphatic carbocycles. The molecule has 0 unspecified atom stereocenters. The average molecular weight is 246 g/mol. The number of nitrogens with zero attached hydrogens (tertiary/aromatic N) is 2. The second-order valence-corrected chi connectivity index (χ2v) is 4.96. The molecular weight excluding hydrogens is 230 g/mol. The van der Waals surface area contributed by atoms with Crippen LogP contribution >= 0.6 is 11.6 Å². The number of hydrogen-bond donors (Lipinski definition) is 1. The van der Waals surface area contributed by atoms with Crippen LogP contribution in [0.4, 0.5) is 0 Å². The first-order valence-corrected chi connectivity index (χ1v) is 5.29. The summed E-state index contributed by atoms with van der Waals surface area (Å²) in [6, 6.07) is 1.20. The topological polar surface area (TPSA) is 58.1 Å². The van der Waals surface area contributed by atoms with Crippen LogP contribution in [0.1, 0.15) is 13.8 Å². The van der Waals surface area contributed by atoms with Crippen LogP contribution in [0.5, 0.6) is 0 Å². The van der Waals surface area contributed by atoms with Gasteiger partial charge in [-0.05, 0) is 27.9 Å². The fraction of sp³-hybridized carbons (Fsp3) is 0.600. The van der Waals surface area contributed by atoms with E-state index in [0.717, 1.165) is 4.57 Å². The lowest BCUT2D eigenvalue weighted by molar-refractivity contribution is 0.165. The van der Waals surface area contributed by atoms with Crippen molar-refractivity contribution in [3.63, 3.8) is 0 Å². The van der Waals surface area contributed by atoms with Gasteiger partial charge in [-0.2, -0.15) is 0 Å². The summed E-state index contributed by atoms with van der Waals surface area (Å²) < 4.78 is 1.14. The molecule has 1 N–H and O–H groups in total. The van der Waals surface area contributed by atoms with Crippen LogP contribution in [0.3, 0.4) is 0 Å². The molecule has 0 aromatic carbocycles. The second-order valence-electron chi connectivity index (χ2n) is 4.55. The summed E-state index contributed by atoms with van der Waals surface area (Å²) in [6.07, 6.45) is 0. The first-order chi connectivity index (χ1) is 7.24. The summed E-state index contributed by atoms with van der Waals surface area (Å²) in [7, 11) is 3.80. The van der Waals surface area contributed by atoms with Crippen molar-refractivity contribution in [3.8, 4) is 0 Å². The lowest BCUT2D eigenvalue weighted by Gasteiger charge is -2.32. The number of halogens is 1. The highest BCUT2D eigenvalue weighted by atomic mass is 35.5. The molecule has 0 amide bonds. The Balaban J connectivity index is 3.18.